The second-order valence-electron chi connectivity index (χ2n) is 7.02. The summed E-state index contributed by atoms with van der Waals surface area (Å²) in [6.45, 7) is 0. The fraction of sp³-hybridized carbons (Fsp3) is 0.273. The van der Waals surface area contributed by atoms with Gasteiger partial charge in [0.05, 0.1) is 7.11 Å². The zero-order chi connectivity index (χ0) is 19.0. The average Bonchev–Trinajstić information content (AvgIpc) is 2.67. The number of allylic oxidation sites excluding steroid dienone is 2. The van der Waals surface area contributed by atoms with Gasteiger partial charge in [-0.2, -0.15) is 0 Å². The standard InChI is InChI=1S/C22H20ClNO3/c1-27-15-6-4-5-13(9-15)17-12-21(26)24-19-10-14(11-20(25)22(17)19)16-7-2-3-8-18(16)23/h2-9,14,17H,10-12H2,1H3,(H,24,26)/t14-,17-/m1/s1. The van der Waals surface area contributed by atoms with Crippen LogP contribution in [0.3, 0.4) is 0 Å². The molecule has 0 saturated carbocycles. The highest BCUT2D eigenvalue weighted by atomic mass is 35.5. The number of hydrogen-bond donors (Lipinski definition) is 1. The number of hydrogen-bond acceptors (Lipinski definition) is 3. The Labute approximate surface area is 163 Å². The maximum atomic E-state index is 13.1. The van der Waals surface area contributed by atoms with Crippen LogP contribution < -0.4 is 10.1 Å². The molecule has 5 heteroatoms. The molecule has 0 unspecified atom stereocenters. The molecule has 1 amide bonds. The van der Waals surface area contributed by atoms with Gasteiger partial charge < -0.3 is 10.1 Å². The van der Waals surface area contributed by atoms with Crippen LogP contribution in [0.15, 0.2) is 59.8 Å². The van der Waals surface area contributed by atoms with Crippen molar-refractivity contribution >= 4 is 23.3 Å². The Morgan fingerprint density at radius 1 is 1.04 bits per heavy atom. The number of ether oxygens (including phenoxy) is 1. The lowest BCUT2D eigenvalue weighted by atomic mass is 9.73. The van der Waals surface area contributed by atoms with E-state index < -0.39 is 0 Å². The molecule has 0 bridgehead atoms. The molecular formula is C22H20ClNO3. The van der Waals surface area contributed by atoms with Crippen LogP contribution >= 0.6 is 11.6 Å². The van der Waals surface area contributed by atoms with Crippen LogP contribution in [0.5, 0.6) is 5.75 Å². The third-order valence-corrected chi connectivity index (χ3v) is 5.72. The second-order valence-corrected chi connectivity index (χ2v) is 7.43. The van der Waals surface area contributed by atoms with Crippen molar-refractivity contribution in [2.24, 2.45) is 0 Å². The summed E-state index contributed by atoms with van der Waals surface area (Å²) in [6.07, 6.45) is 1.28. The molecule has 1 aliphatic heterocycles. The van der Waals surface area contributed by atoms with Crippen LogP contribution in [0.25, 0.3) is 0 Å². The molecule has 0 aromatic heterocycles. The van der Waals surface area contributed by atoms with Crippen LogP contribution in [0, 0.1) is 0 Å². The molecule has 138 valence electrons. The molecule has 0 spiro atoms. The van der Waals surface area contributed by atoms with Crippen LogP contribution in [0.2, 0.25) is 5.02 Å². The number of carbonyl (C=O) groups excluding carboxylic acids is 2. The van der Waals surface area contributed by atoms with Gasteiger partial charge >= 0.3 is 0 Å². The number of methoxy groups -OCH3 is 1. The number of rotatable bonds is 3. The zero-order valence-electron chi connectivity index (χ0n) is 15.0. The van der Waals surface area contributed by atoms with E-state index in [0.29, 0.717) is 17.9 Å². The molecule has 0 radical (unpaired) electrons. The highest BCUT2D eigenvalue weighted by Crippen LogP contribution is 2.44. The van der Waals surface area contributed by atoms with E-state index >= 15 is 0 Å². The van der Waals surface area contributed by atoms with Gasteiger partial charge in [0.1, 0.15) is 5.75 Å². The van der Waals surface area contributed by atoms with Crippen molar-refractivity contribution in [3.63, 3.8) is 0 Å². The molecule has 1 heterocycles. The Hall–Kier alpha value is -2.59. The summed E-state index contributed by atoms with van der Waals surface area (Å²) in [6, 6.07) is 15.2. The Morgan fingerprint density at radius 3 is 2.63 bits per heavy atom. The molecule has 2 atom stereocenters. The largest absolute Gasteiger partial charge is 0.497 e. The van der Waals surface area contributed by atoms with Crippen molar-refractivity contribution in [1.82, 2.24) is 5.32 Å². The Balaban J connectivity index is 1.73. The van der Waals surface area contributed by atoms with E-state index in [1.54, 1.807) is 7.11 Å². The Kier molecular flexibility index (Phi) is 4.75. The van der Waals surface area contributed by atoms with Gasteiger partial charge in [-0.25, -0.2) is 0 Å². The van der Waals surface area contributed by atoms with Crippen molar-refractivity contribution in [2.45, 2.75) is 31.1 Å². The minimum atomic E-state index is -0.233. The summed E-state index contributed by atoms with van der Waals surface area (Å²) in [5.74, 6) is 0.485. The third kappa shape index (κ3) is 3.37. The maximum absolute atomic E-state index is 13.1. The lowest BCUT2D eigenvalue weighted by molar-refractivity contribution is -0.122. The lowest BCUT2D eigenvalue weighted by Gasteiger charge is -2.34. The van der Waals surface area contributed by atoms with E-state index in [4.69, 9.17) is 16.3 Å². The molecule has 1 aliphatic carbocycles. The number of amides is 1. The molecule has 0 fully saturated rings. The normalized spacial score (nSPS) is 22.3. The van der Waals surface area contributed by atoms with Crippen molar-refractivity contribution in [1.29, 1.82) is 0 Å². The van der Waals surface area contributed by atoms with Gasteiger partial charge in [-0.1, -0.05) is 41.9 Å². The van der Waals surface area contributed by atoms with E-state index in [2.05, 4.69) is 5.32 Å². The van der Waals surface area contributed by atoms with Crippen LogP contribution in [-0.4, -0.2) is 18.8 Å². The molecule has 4 rings (SSSR count). The second kappa shape index (κ2) is 7.20. The summed E-state index contributed by atoms with van der Waals surface area (Å²) in [5, 5.41) is 3.60. The quantitative estimate of drug-likeness (QED) is 0.859. The minimum absolute atomic E-state index is 0.0192. The SMILES string of the molecule is COc1cccc([C@H]2CC(=O)NC3=C2C(=O)C[C@H](c2ccccc2Cl)C3)c1. The van der Waals surface area contributed by atoms with E-state index in [0.717, 1.165) is 28.1 Å². The average molecular weight is 382 g/mol. The molecule has 2 aromatic rings. The number of nitrogens with one attached hydrogen (secondary N) is 1. The van der Waals surface area contributed by atoms with Crippen LogP contribution in [-0.2, 0) is 9.59 Å². The van der Waals surface area contributed by atoms with Crippen molar-refractivity contribution in [3.05, 3.63) is 76.0 Å². The number of benzene rings is 2. The van der Waals surface area contributed by atoms with Gasteiger partial charge in [-0.3, -0.25) is 9.59 Å². The highest BCUT2D eigenvalue weighted by molar-refractivity contribution is 6.31. The van der Waals surface area contributed by atoms with E-state index in [9.17, 15) is 9.59 Å². The maximum Gasteiger partial charge on any atom is 0.225 e. The van der Waals surface area contributed by atoms with Crippen LogP contribution in [0.4, 0.5) is 0 Å². The summed E-state index contributed by atoms with van der Waals surface area (Å²) in [7, 11) is 1.61. The summed E-state index contributed by atoms with van der Waals surface area (Å²) in [4.78, 5) is 25.4. The van der Waals surface area contributed by atoms with E-state index in [-0.39, 0.29) is 29.9 Å². The molecule has 4 nitrogen and oxygen atoms in total. The summed E-state index contributed by atoms with van der Waals surface area (Å²) >= 11 is 6.34. The number of carbonyl (C=O) groups is 2. The molecule has 2 aromatic carbocycles. The summed E-state index contributed by atoms with van der Waals surface area (Å²) in [5.41, 5.74) is 3.35. The highest BCUT2D eigenvalue weighted by Gasteiger charge is 2.38. The Bertz CT molecular complexity index is 950. The van der Waals surface area contributed by atoms with E-state index in [1.165, 1.54) is 0 Å². The minimum Gasteiger partial charge on any atom is -0.497 e. The molecule has 1 N–H and O–H groups in total. The first-order valence-electron chi connectivity index (χ1n) is 9.01. The Morgan fingerprint density at radius 2 is 1.85 bits per heavy atom. The van der Waals surface area contributed by atoms with Gasteiger partial charge in [-0.05, 0) is 41.7 Å². The number of ketones is 1. The summed E-state index contributed by atoms with van der Waals surface area (Å²) < 4.78 is 5.31. The van der Waals surface area contributed by atoms with Crippen molar-refractivity contribution in [2.75, 3.05) is 7.11 Å². The number of Topliss-reactive ketones (excluding diaryl/α,β-unsaturated/α-hetero) is 1. The van der Waals surface area contributed by atoms with Crippen LogP contribution in [0.1, 0.15) is 42.2 Å². The van der Waals surface area contributed by atoms with Crippen molar-refractivity contribution < 1.29 is 14.3 Å². The van der Waals surface area contributed by atoms with E-state index in [1.807, 2.05) is 48.5 Å². The predicted octanol–water partition coefficient (Wildman–Crippen LogP) is 4.35. The molecule has 0 saturated heterocycles. The van der Waals surface area contributed by atoms with Gasteiger partial charge in [0.2, 0.25) is 5.91 Å². The monoisotopic (exact) mass is 381 g/mol. The fourth-order valence-electron chi connectivity index (χ4n) is 4.13. The molecule has 2 aliphatic rings. The first-order valence-corrected chi connectivity index (χ1v) is 9.39. The molecule has 27 heavy (non-hydrogen) atoms. The number of halogens is 1. The topological polar surface area (TPSA) is 55.4 Å². The van der Waals surface area contributed by atoms with Gasteiger partial charge in [0, 0.05) is 35.1 Å². The fourth-order valence-corrected chi connectivity index (χ4v) is 4.42. The van der Waals surface area contributed by atoms with Gasteiger partial charge in [0.25, 0.3) is 0 Å². The predicted molar refractivity (Wildman–Crippen MR) is 104 cm³/mol. The zero-order valence-corrected chi connectivity index (χ0v) is 15.8. The lowest BCUT2D eigenvalue weighted by Crippen LogP contribution is -2.38. The third-order valence-electron chi connectivity index (χ3n) is 5.38. The molecular weight excluding hydrogens is 362 g/mol. The first kappa shape index (κ1) is 17.8. The van der Waals surface area contributed by atoms with Gasteiger partial charge in [-0.15, -0.1) is 0 Å². The van der Waals surface area contributed by atoms with Gasteiger partial charge in [0.15, 0.2) is 5.78 Å². The smallest absolute Gasteiger partial charge is 0.225 e. The first-order chi connectivity index (χ1) is 13.1. The van der Waals surface area contributed by atoms with Crippen molar-refractivity contribution in [3.8, 4) is 5.75 Å².